The molecule has 1 amide bonds. The summed E-state index contributed by atoms with van der Waals surface area (Å²) < 4.78 is 28.6. The lowest BCUT2D eigenvalue weighted by Crippen LogP contribution is -2.26. The Morgan fingerprint density at radius 1 is 0.857 bits per heavy atom. The van der Waals surface area contributed by atoms with Crippen molar-refractivity contribution in [2.75, 3.05) is 16.7 Å². The molecule has 2 aromatic heterocycles. The highest BCUT2D eigenvalue weighted by Gasteiger charge is 2.22. The summed E-state index contributed by atoms with van der Waals surface area (Å²) in [5.74, 6) is 0.427. The summed E-state index contributed by atoms with van der Waals surface area (Å²) in [5.41, 5.74) is 4.05. The zero-order chi connectivity index (χ0) is 25.3. The van der Waals surface area contributed by atoms with Gasteiger partial charge in [0.1, 0.15) is 5.82 Å². The second-order valence-electron chi connectivity index (χ2n) is 8.32. The average molecular weight is 491 g/mol. The minimum absolute atomic E-state index is 0.199. The predicted molar refractivity (Wildman–Crippen MR) is 135 cm³/mol. The molecule has 0 radical (unpaired) electrons. The second-order valence-corrected chi connectivity index (χ2v) is 10.3. The van der Waals surface area contributed by atoms with E-state index >= 15 is 0 Å². The lowest BCUT2D eigenvalue weighted by molar-refractivity contribution is 0.102. The minimum Gasteiger partial charge on any atom is -0.306 e. The number of hydrogen-bond donors (Lipinski definition) is 1. The van der Waals surface area contributed by atoms with Gasteiger partial charge in [0, 0.05) is 30.1 Å². The van der Waals surface area contributed by atoms with Crippen LogP contribution in [0.2, 0.25) is 0 Å². The van der Waals surface area contributed by atoms with Crippen LogP contribution in [0.15, 0.2) is 65.6 Å². The Kier molecular flexibility index (Phi) is 6.40. The molecule has 0 saturated heterocycles. The highest BCUT2D eigenvalue weighted by Crippen LogP contribution is 2.23. The van der Waals surface area contributed by atoms with E-state index in [-0.39, 0.29) is 10.8 Å². The molecule has 0 fully saturated rings. The van der Waals surface area contributed by atoms with E-state index in [0.29, 0.717) is 28.7 Å². The number of anilines is 2. The van der Waals surface area contributed by atoms with Gasteiger partial charge in [0.15, 0.2) is 0 Å². The molecule has 0 aliphatic carbocycles. The summed E-state index contributed by atoms with van der Waals surface area (Å²) in [6.07, 6.45) is 0. The van der Waals surface area contributed by atoms with Crippen molar-refractivity contribution >= 4 is 27.4 Å². The van der Waals surface area contributed by atoms with E-state index in [1.807, 2.05) is 33.8 Å². The lowest BCUT2D eigenvalue weighted by Gasteiger charge is -2.20. The van der Waals surface area contributed by atoms with Crippen LogP contribution < -0.4 is 9.62 Å². The zero-order valence-electron chi connectivity index (χ0n) is 20.1. The second kappa shape index (κ2) is 9.30. The Balaban J connectivity index is 1.55. The molecular formula is C25H26N6O3S. The first-order valence-electron chi connectivity index (χ1n) is 10.9. The first kappa shape index (κ1) is 24.1. The van der Waals surface area contributed by atoms with Crippen molar-refractivity contribution in [3.63, 3.8) is 0 Å². The van der Waals surface area contributed by atoms with Gasteiger partial charge in [-0.25, -0.2) is 18.4 Å². The maximum absolute atomic E-state index is 13.0. The number of nitrogens with zero attached hydrogens (tertiary/aromatic N) is 5. The van der Waals surface area contributed by atoms with Crippen LogP contribution in [-0.4, -0.2) is 41.1 Å². The summed E-state index contributed by atoms with van der Waals surface area (Å²) in [6.45, 7) is 7.44. The Morgan fingerprint density at radius 3 is 2.06 bits per heavy atom. The third-order valence-electron chi connectivity index (χ3n) is 5.41. The number of hydrogen-bond acceptors (Lipinski definition) is 6. The van der Waals surface area contributed by atoms with Gasteiger partial charge in [-0.05, 0) is 70.2 Å². The van der Waals surface area contributed by atoms with Gasteiger partial charge >= 0.3 is 0 Å². The van der Waals surface area contributed by atoms with Crippen molar-refractivity contribution < 1.29 is 13.2 Å². The van der Waals surface area contributed by atoms with Crippen molar-refractivity contribution in [2.24, 2.45) is 0 Å². The van der Waals surface area contributed by atoms with Gasteiger partial charge in [-0.3, -0.25) is 9.10 Å². The number of rotatable bonds is 6. The van der Waals surface area contributed by atoms with Gasteiger partial charge < -0.3 is 5.32 Å². The predicted octanol–water partition coefficient (Wildman–Crippen LogP) is 3.97. The molecule has 10 heteroatoms. The van der Waals surface area contributed by atoms with Crippen LogP contribution >= 0.6 is 0 Å². The third-order valence-corrected chi connectivity index (χ3v) is 7.21. The summed E-state index contributed by atoms with van der Waals surface area (Å²) in [5, 5.41) is 7.26. The molecule has 0 spiro atoms. The van der Waals surface area contributed by atoms with Crippen molar-refractivity contribution in [3.8, 4) is 5.95 Å². The summed E-state index contributed by atoms with van der Waals surface area (Å²) >= 11 is 0. The van der Waals surface area contributed by atoms with Crippen LogP contribution in [0.25, 0.3) is 5.95 Å². The van der Waals surface area contributed by atoms with Crippen molar-refractivity contribution in [3.05, 3.63) is 88.9 Å². The maximum Gasteiger partial charge on any atom is 0.264 e. The summed E-state index contributed by atoms with van der Waals surface area (Å²) in [6, 6.07) is 16.6. The van der Waals surface area contributed by atoms with Crippen LogP contribution in [0, 0.1) is 27.7 Å². The summed E-state index contributed by atoms with van der Waals surface area (Å²) in [4.78, 5) is 22.0. The topological polar surface area (TPSA) is 110 Å². The molecule has 180 valence electrons. The number of sulfonamides is 1. The van der Waals surface area contributed by atoms with Crippen LogP contribution in [0.5, 0.6) is 0 Å². The normalized spacial score (nSPS) is 11.3. The highest BCUT2D eigenvalue weighted by atomic mass is 32.2. The largest absolute Gasteiger partial charge is 0.306 e. The first-order valence-corrected chi connectivity index (χ1v) is 12.3. The molecule has 4 rings (SSSR count). The molecule has 35 heavy (non-hydrogen) atoms. The van der Waals surface area contributed by atoms with Crippen molar-refractivity contribution in [1.29, 1.82) is 0 Å². The van der Waals surface area contributed by atoms with E-state index in [1.54, 1.807) is 54.6 Å². The monoisotopic (exact) mass is 490 g/mol. The summed E-state index contributed by atoms with van der Waals surface area (Å²) in [7, 11) is -2.24. The maximum atomic E-state index is 13.0. The number of carbonyl (C=O) groups is 1. The van der Waals surface area contributed by atoms with Crippen LogP contribution in [0.3, 0.4) is 0 Å². The standard InChI is InChI=1S/C25H26N6O3S/c1-16-6-12-22(13-7-16)35(33,34)30(5)21-10-8-20(9-11-21)24(32)28-23-15-19(4)29-31(23)25-26-17(2)14-18(3)27-25/h6-15H,1-5H3,(H,28,32). The third kappa shape index (κ3) is 5.07. The Morgan fingerprint density at radius 2 is 1.46 bits per heavy atom. The molecule has 0 atom stereocenters. The fourth-order valence-corrected chi connectivity index (χ4v) is 4.76. The molecule has 0 saturated carbocycles. The van der Waals surface area contributed by atoms with Crippen molar-refractivity contribution in [1.82, 2.24) is 19.7 Å². The van der Waals surface area contributed by atoms with Gasteiger partial charge in [-0.2, -0.15) is 9.78 Å². The molecule has 9 nitrogen and oxygen atoms in total. The fraction of sp³-hybridized carbons (Fsp3) is 0.200. The van der Waals surface area contributed by atoms with E-state index in [0.717, 1.165) is 17.0 Å². The zero-order valence-corrected chi connectivity index (χ0v) is 21.0. The van der Waals surface area contributed by atoms with Crippen molar-refractivity contribution in [2.45, 2.75) is 32.6 Å². The van der Waals surface area contributed by atoms with Gasteiger partial charge in [-0.1, -0.05) is 17.7 Å². The van der Waals surface area contributed by atoms with E-state index in [1.165, 1.54) is 16.0 Å². The van der Waals surface area contributed by atoms with E-state index in [4.69, 9.17) is 0 Å². The smallest absolute Gasteiger partial charge is 0.264 e. The molecule has 1 N–H and O–H groups in total. The fourth-order valence-electron chi connectivity index (χ4n) is 3.56. The number of carbonyl (C=O) groups excluding carboxylic acids is 1. The first-order chi connectivity index (χ1) is 16.5. The Hall–Kier alpha value is -4.05. The SMILES string of the molecule is Cc1ccc(S(=O)(=O)N(C)c2ccc(C(=O)Nc3cc(C)nn3-c3nc(C)cc(C)n3)cc2)cc1. The van der Waals surface area contributed by atoms with E-state index < -0.39 is 10.0 Å². The molecule has 2 heterocycles. The molecule has 0 aliphatic rings. The van der Waals surface area contributed by atoms with Crippen LogP contribution in [-0.2, 0) is 10.0 Å². The van der Waals surface area contributed by atoms with Gasteiger partial charge in [0.25, 0.3) is 21.9 Å². The molecular weight excluding hydrogens is 464 g/mol. The van der Waals surface area contributed by atoms with Gasteiger partial charge in [-0.15, -0.1) is 0 Å². The number of benzene rings is 2. The van der Waals surface area contributed by atoms with Gasteiger partial charge in [0.05, 0.1) is 16.3 Å². The molecule has 0 unspecified atom stereocenters. The van der Waals surface area contributed by atoms with Gasteiger partial charge in [0.2, 0.25) is 0 Å². The molecule has 0 bridgehead atoms. The number of aryl methyl sites for hydroxylation is 4. The molecule has 2 aromatic carbocycles. The van der Waals surface area contributed by atoms with Crippen LogP contribution in [0.4, 0.5) is 11.5 Å². The average Bonchev–Trinajstić information content (AvgIpc) is 3.18. The number of nitrogens with one attached hydrogen (secondary N) is 1. The van der Waals surface area contributed by atoms with E-state index in [2.05, 4.69) is 20.4 Å². The Bertz CT molecular complexity index is 1470. The minimum atomic E-state index is -3.72. The molecule has 4 aromatic rings. The number of amides is 1. The molecule has 0 aliphatic heterocycles. The van der Waals surface area contributed by atoms with E-state index in [9.17, 15) is 13.2 Å². The Labute approximate surface area is 204 Å². The lowest BCUT2D eigenvalue weighted by atomic mass is 10.2. The number of aromatic nitrogens is 4. The van der Waals surface area contributed by atoms with Crippen LogP contribution in [0.1, 0.15) is 33.0 Å². The quantitative estimate of drug-likeness (QED) is 0.438. The highest BCUT2D eigenvalue weighted by molar-refractivity contribution is 7.92.